The average Bonchev–Trinajstić information content (AvgIpc) is 2.62. The van der Waals surface area contributed by atoms with Gasteiger partial charge in [0.15, 0.2) is 8.32 Å². The van der Waals surface area contributed by atoms with Gasteiger partial charge in [-0.15, -0.1) is 0 Å². The molecule has 158 valence electrons. The van der Waals surface area contributed by atoms with Gasteiger partial charge in [0.1, 0.15) is 6.29 Å². The van der Waals surface area contributed by atoms with Gasteiger partial charge in [0.05, 0.1) is 19.1 Å². The zero-order valence-electron chi connectivity index (χ0n) is 17.1. The van der Waals surface area contributed by atoms with Crippen molar-refractivity contribution >= 4 is 20.6 Å². The third-order valence-corrected chi connectivity index (χ3v) is 8.06. The van der Waals surface area contributed by atoms with E-state index < -0.39 is 8.32 Å². The fraction of sp³-hybridized carbons (Fsp3) is 0.526. The van der Waals surface area contributed by atoms with Crippen molar-refractivity contribution in [2.75, 3.05) is 6.61 Å². The number of carbonyl (C=O) groups excluding carboxylic acids is 2. The van der Waals surface area contributed by atoms with E-state index >= 15 is 0 Å². The van der Waals surface area contributed by atoms with E-state index in [2.05, 4.69) is 53.8 Å². The molecule has 1 unspecified atom stereocenters. The van der Waals surface area contributed by atoms with Crippen molar-refractivity contribution in [2.45, 2.75) is 58.4 Å². The number of rotatable bonds is 8. The zero-order valence-corrected chi connectivity index (χ0v) is 19.2. The van der Waals surface area contributed by atoms with E-state index in [0.29, 0.717) is 12.9 Å². The van der Waals surface area contributed by atoms with Crippen molar-refractivity contribution in [2.24, 2.45) is 0 Å². The predicted octanol–water partition coefficient (Wildman–Crippen LogP) is 3.53. The standard InChI is InChI=1S/C16H28O4Si.3CO.Fe/c1-7-19-15(18)13-14(11-9-8-10-12-17)20-21(5,6)16(2,3)4;3*1-2;/h8-12,14H,7,13H2,1-6H3;;;;/b10-8+,11-9+;;;;. The molecule has 0 bridgehead atoms. The largest absolute Gasteiger partial charge is 0 e. The summed E-state index contributed by atoms with van der Waals surface area (Å²) >= 11 is 0. The number of ether oxygens (including phenoxy) is 1. The summed E-state index contributed by atoms with van der Waals surface area (Å²) in [5.74, 6) is -0.273. The van der Waals surface area contributed by atoms with E-state index in [0.717, 1.165) is 0 Å². The van der Waals surface area contributed by atoms with Gasteiger partial charge >= 0.3 is 39.9 Å². The first-order chi connectivity index (χ1) is 12.6. The van der Waals surface area contributed by atoms with Crippen LogP contribution in [-0.2, 0) is 49.8 Å². The third kappa shape index (κ3) is 20.8. The first-order valence-corrected chi connectivity index (χ1v) is 10.8. The normalized spacial score (nSPS) is 11.1. The second-order valence-corrected chi connectivity index (χ2v) is 11.1. The number of aldehydes is 1. The van der Waals surface area contributed by atoms with Crippen LogP contribution in [0.3, 0.4) is 0 Å². The first kappa shape index (κ1) is 37.3. The Bertz CT molecular complexity index is 500. The molecule has 0 saturated heterocycles. The molecule has 9 heteroatoms. The molecule has 0 fully saturated rings. The third-order valence-electron chi connectivity index (χ3n) is 3.55. The number of esters is 1. The van der Waals surface area contributed by atoms with Crippen LogP contribution in [0.2, 0.25) is 18.1 Å². The number of allylic oxidation sites excluding steroid dienone is 3. The van der Waals surface area contributed by atoms with Crippen molar-refractivity contribution in [3.8, 4) is 0 Å². The molecule has 0 amide bonds. The molecule has 0 spiro atoms. The second kappa shape index (κ2) is 23.6. The molecule has 0 radical (unpaired) electrons. The molecule has 28 heavy (non-hydrogen) atoms. The summed E-state index contributed by atoms with van der Waals surface area (Å²) in [6.45, 7) is 26.4. The molecule has 0 saturated carbocycles. The van der Waals surface area contributed by atoms with Crippen molar-refractivity contribution in [1.29, 1.82) is 0 Å². The molecule has 0 aromatic heterocycles. The Morgan fingerprint density at radius 1 is 1.04 bits per heavy atom. The zero-order chi connectivity index (χ0) is 22.5. The fourth-order valence-corrected chi connectivity index (χ4v) is 2.66. The molecule has 0 rings (SSSR count). The smallest absolute Gasteiger partial charge is 0 e. The summed E-state index contributed by atoms with van der Waals surface area (Å²) < 4.78 is 33.7. The number of hydrogen-bond acceptors (Lipinski definition) is 4. The Balaban J connectivity index is -0.000000228. The molecule has 0 aromatic rings. The monoisotopic (exact) mass is 452 g/mol. The van der Waals surface area contributed by atoms with Gasteiger partial charge in [0.2, 0.25) is 0 Å². The van der Waals surface area contributed by atoms with E-state index in [-0.39, 0.29) is 40.6 Å². The maximum atomic E-state index is 11.7. The van der Waals surface area contributed by atoms with Crippen LogP contribution in [0.4, 0.5) is 0 Å². The summed E-state index contributed by atoms with van der Waals surface area (Å²) in [5.41, 5.74) is 0. The molecule has 0 aromatic carbocycles. The SMILES string of the molecule is CCOC(=O)CC(/C=C/C=C/C=O)O[Si](C)(C)C(C)(C)C.[C-]#[O+].[C-]#[O+].[C-]#[O+].[Fe]. The summed E-state index contributed by atoms with van der Waals surface area (Å²) in [6.07, 6.45) is 7.11. The van der Waals surface area contributed by atoms with Gasteiger partial charge < -0.3 is 9.16 Å². The van der Waals surface area contributed by atoms with Crippen LogP contribution in [0.1, 0.15) is 34.1 Å². The van der Waals surface area contributed by atoms with Gasteiger partial charge in [-0.2, -0.15) is 0 Å². The minimum absolute atomic E-state index is 0. The summed E-state index contributed by atoms with van der Waals surface area (Å²) in [4.78, 5) is 21.9. The minimum Gasteiger partial charge on any atom is 0 e. The molecule has 1 atom stereocenters. The van der Waals surface area contributed by atoms with Crippen LogP contribution >= 0.6 is 0 Å². The number of carbonyl (C=O) groups is 2. The van der Waals surface area contributed by atoms with Crippen LogP contribution in [0.25, 0.3) is 0 Å². The van der Waals surface area contributed by atoms with Crippen LogP contribution < -0.4 is 0 Å². The second-order valence-electron chi connectivity index (χ2n) is 6.33. The van der Waals surface area contributed by atoms with Gasteiger partial charge in [0.25, 0.3) is 0 Å². The number of hydrogen-bond donors (Lipinski definition) is 0. The van der Waals surface area contributed by atoms with Gasteiger partial charge in [0, 0.05) is 17.1 Å². The van der Waals surface area contributed by atoms with Crippen LogP contribution in [0.15, 0.2) is 24.3 Å². The summed E-state index contributed by atoms with van der Waals surface area (Å²) in [6, 6.07) is 0. The van der Waals surface area contributed by atoms with Gasteiger partial charge in [-0.25, -0.2) is 0 Å². The Morgan fingerprint density at radius 2 is 1.50 bits per heavy atom. The van der Waals surface area contributed by atoms with Gasteiger partial charge in [-0.05, 0) is 31.1 Å². The van der Waals surface area contributed by atoms with E-state index in [9.17, 15) is 9.59 Å². The van der Waals surface area contributed by atoms with E-state index in [1.165, 1.54) is 6.08 Å². The molecule has 0 N–H and O–H groups in total. The average molecular weight is 452 g/mol. The van der Waals surface area contributed by atoms with Gasteiger partial charge in [-0.3, -0.25) is 9.59 Å². The topological polar surface area (TPSA) is 112 Å². The first-order valence-electron chi connectivity index (χ1n) is 7.87. The van der Waals surface area contributed by atoms with Crippen molar-refractivity contribution in [1.82, 2.24) is 0 Å². The van der Waals surface area contributed by atoms with Crippen LogP contribution in [0, 0.1) is 20.0 Å². The Hall–Kier alpha value is -1.46. The molecule has 0 aliphatic rings. The predicted molar refractivity (Wildman–Crippen MR) is 99.5 cm³/mol. The van der Waals surface area contributed by atoms with Crippen molar-refractivity contribution in [3.63, 3.8) is 0 Å². The van der Waals surface area contributed by atoms with E-state index in [1.807, 2.05) is 0 Å². The quantitative estimate of drug-likeness (QED) is 0.107. The molecular weight excluding hydrogens is 424 g/mol. The molecule has 7 nitrogen and oxygen atoms in total. The minimum atomic E-state index is -1.98. The maximum absolute atomic E-state index is 11.7. The molecule has 0 aliphatic heterocycles. The Labute approximate surface area is 179 Å². The van der Waals surface area contributed by atoms with Crippen LogP contribution in [0.5, 0.6) is 0 Å². The Morgan fingerprint density at radius 3 is 1.86 bits per heavy atom. The van der Waals surface area contributed by atoms with E-state index in [4.69, 9.17) is 23.1 Å². The molecular formula is C19H28FeO7Si. The fourth-order valence-electron chi connectivity index (χ4n) is 1.39. The maximum Gasteiger partial charge on any atom is 0 e. The van der Waals surface area contributed by atoms with Crippen molar-refractivity contribution in [3.05, 3.63) is 44.3 Å². The van der Waals surface area contributed by atoms with Gasteiger partial charge in [-0.1, -0.05) is 39.0 Å². The molecule has 0 aliphatic carbocycles. The van der Waals surface area contributed by atoms with Crippen molar-refractivity contribution < 1.29 is 49.8 Å². The summed E-state index contributed by atoms with van der Waals surface area (Å²) in [5, 5.41) is 0.0619. The van der Waals surface area contributed by atoms with Crippen LogP contribution in [-0.4, -0.2) is 33.3 Å². The summed E-state index contributed by atoms with van der Waals surface area (Å²) in [7, 11) is -1.98. The molecule has 0 heterocycles. The Kier molecular flexibility index (Phi) is 31.4. The van der Waals surface area contributed by atoms with E-state index in [1.54, 1.807) is 25.2 Å².